The second-order valence-electron chi connectivity index (χ2n) is 17.4. The van der Waals surface area contributed by atoms with Crippen molar-refractivity contribution < 1.29 is 29.0 Å². The van der Waals surface area contributed by atoms with Crippen molar-refractivity contribution in [2.75, 3.05) is 32.8 Å². The van der Waals surface area contributed by atoms with E-state index in [4.69, 9.17) is 9.47 Å². The van der Waals surface area contributed by atoms with E-state index in [0.29, 0.717) is 32.4 Å². The van der Waals surface area contributed by atoms with Crippen molar-refractivity contribution in [3.63, 3.8) is 0 Å². The summed E-state index contributed by atoms with van der Waals surface area (Å²) in [5.74, 6) is -0.0809. The molecule has 0 aliphatic carbocycles. The SMILES string of the molecule is CCCCCCCCCOC(=O)CCCCCCCN(CCCCCCCC(O)OC(CCCCCCCC)CCCCCCCC)CCCN1C(=O)CCC1=O. The van der Waals surface area contributed by atoms with Crippen LogP contribution < -0.4 is 0 Å². The van der Waals surface area contributed by atoms with Crippen LogP contribution in [0.25, 0.3) is 0 Å². The Hall–Kier alpha value is -1.51. The monoisotopic (exact) mass is 807 g/mol. The molecule has 0 spiro atoms. The number of unbranched alkanes of at least 4 members (excludes halogenated alkanes) is 24. The van der Waals surface area contributed by atoms with Gasteiger partial charge in [0.2, 0.25) is 11.8 Å². The summed E-state index contributed by atoms with van der Waals surface area (Å²) in [7, 11) is 0. The number of likely N-dealkylation sites (tertiary alicyclic amines) is 1. The number of rotatable bonds is 44. The lowest BCUT2D eigenvalue weighted by molar-refractivity contribution is -0.144. The van der Waals surface area contributed by atoms with Crippen molar-refractivity contribution in [2.24, 2.45) is 0 Å². The lowest BCUT2D eigenvalue weighted by Gasteiger charge is -2.24. The van der Waals surface area contributed by atoms with E-state index in [1.54, 1.807) is 0 Å². The number of amides is 2. The fourth-order valence-electron chi connectivity index (χ4n) is 8.17. The second-order valence-corrected chi connectivity index (χ2v) is 17.4. The van der Waals surface area contributed by atoms with E-state index in [-0.39, 0.29) is 23.9 Å². The van der Waals surface area contributed by atoms with Gasteiger partial charge in [-0.3, -0.25) is 19.3 Å². The Morgan fingerprint density at radius 2 is 0.947 bits per heavy atom. The Bertz CT molecular complexity index is 900. The van der Waals surface area contributed by atoms with Crippen molar-refractivity contribution in [3.05, 3.63) is 0 Å². The first-order chi connectivity index (χ1) is 27.9. The van der Waals surface area contributed by atoms with Crippen molar-refractivity contribution in [1.82, 2.24) is 9.80 Å². The molecule has 0 radical (unpaired) electrons. The average molecular weight is 807 g/mol. The molecule has 1 atom stereocenters. The number of hydrogen-bond donors (Lipinski definition) is 1. The summed E-state index contributed by atoms with van der Waals surface area (Å²) >= 11 is 0. The summed E-state index contributed by atoms with van der Waals surface area (Å²) < 4.78 is 11.7. The van der Waals surface area contributed by atoms with Crippen LogP contribution in [0.5, 0.6) is 0 Å². The summed E-state index contributed by atoms with van der Waals surface area (Å²) in [6, 6.07) is 0. The van der Waals surface area contributed by atoms with Gasteiger partial charge >= 0.3 is 5.97 Å². The van der Waals surface area contributed by atoms with E-state index >= 15 is 0 Å². The van der Waals surface area contributed by atoms with Crippen molar-refractivity contribution in [3.8, 4) is 0 Å². The second kappa shape index (κ2) is 39.9. The highest BCUT2D eigenvalue weighted by molar-refractivity contribution is 6.01. The van der Waals surface area contributed by atoms with Crippen molar-refractivity contribution >= 4 is 17.8 Å². The number of hydrogen-bond acceptors (Lipinski definition) is 7. The zero-order valence-electron chi connectivity index (χ0n) is 38.0. The predicted molar refractivity (Wildman–Crippen MR) is 238 cm³/mol. The smallest absolute Gasteiger partial charge is 0.305 e. The molecule has 1 aliphatic heterocycles. The molecule has 0 bridgehead atoms. The Kier molecular flexibility index (Phi) is 37.5. The molecule has 0 aromatic rings. The van der Waals surface area contributed by atoms with Gasteiger partial charge in [-0.2, -0.15) is 0 Å². The Morgan fingerprint density at radius 3 is 1.46 bits per heavy atom. The minimum Gasteiger partial charge on any atom is -0.466 e. The van der Waals surface area contributed by atoms with E-state index in [1.165, 1.54) is 120 Å². The van der Waals surface area contributed by atoms with Crippen LogP contribution in [0, 0.1) is 0 Å². The summed E-state index contributed by atoms with van der Waals surface area (Å²) in [5, 5.41) is 10.8. The third-order valence-corrected chi connectivity index (χ3v) is 11.9. The van der Waals surface area contributed by atoms with Gasteiger partial charge in [-0.05, 0) is 77.4 Å². The van der Waals surface area contributed by atoms with Gasteiger partial charge in [0.15, 0.2) is 6.29 Å². The molecule has 1 saturated heterocycles. The van der Waals surface area contributed by atoms with Crippen molar-refractivity contribution in [2.45, 2.75) is 264 Å². The minimum atomic E-state index is -0.645. The molecule has 1 unspecified atom stereocenters. The zero-order valence-corrected chi connectivity index (χ0v) is 38.0. The molecular formula is C49H94N2O6. The zero-order chi connectivity index (χ0) is 41.4. The third-order valence-electron chi connectivity index (χ3n) is 11.9. The van der Waals surface area contributed by atoms with E-state index in [2.05, 4.69) is 25.7 Å². The van der Waals surface area contributed by atoms with E-state index in [9.17, 15) is 19.5 Å². The number of esters is 1. The molecule has 8 heteroatoms. The Labute approximate surface area is 352 Å². The average Bonchev–Trinajstić information content (AvgIpc) is 3.52. The molecule has 0 aromatic heterocycles. The van der Waals surface area contributed by atoms with Crippen LogP contribution in [-0.2, 0) is 23.9 Å². The van der Waals surface area contributed by atoms with Crippen LogP contribution in [-0.4, -0.2) is 77.9 Å². The fraction of sp³-hybridized carbons (Fsp3) is 0.939. The minimum absolute atomic E-state index is 0.0186. The van der Waals surface area contributed by atoms with Gasteiger partial charge < -0.3 is 19.5 Å². The number of carbonyl (C=O) groups excluding carboxylic acids is 3. The van der Waals surface area contributed by atoms with Crippen LogP contribution in [0.4, 0.5) is 0 Å². The van der Waals surface area contributed by atoms with Gasteiger partial charge in [0.25, 0.3) is 0 Å². The standard InChI is InChI=1S/C49H94N2O6/c1-4-7-10-13-16-25-32-44-56-48(54)36-28-21-17-23-30-40-50(42-33-43-51-46(52)38-39-47(51)53)41-31-24-18-22-29-37-49(55)57-45(34-26-19-14-11-8-5-2)35-27-20-15-12-9-6-3/h45,49,55H,4-44H2,1-3H3. The highest BCUT2D eigenvalue weighted by atomic mass is 16.6. The highest BCUT2D eigenvalue weighted by Crippen LogP contribution is 2.20. The molecule has 0 saturated carbocycles. The van der Waals surface area contributed by atoms with Gasteiger partial charge in [-0.25, -0.2) is 0 Å². The topological polar surface area (TPSA) is 96.4 Å². The first-order valence-corrected chi connectivity index (χ1v) is 25.0. The molecule has 1 heterocycles. The van der Waals surface area contributed by atoms with Crippen LogP contribution in [0.3, 0.4) is 0 Å². The summed E-state index contributed by atoms with van der Waals surface area (Å²) in [4.78, 5) is 40.3. The van der Waals surface area contributed by atoms with Crippen molar-refractivity contribution in [1.29, 1.82) is 0 Å². The molecule has 1 aliphatic rings. The quantitative estimate of drug-likeness (QED) is 0.0283. The molecule has 1 N–H and O–H groups in total. The molecule has 8 nitrogen and oxygen atoms in total. The predicted octanol–water partition coefficient (Wildman–Crippen LogP) is 13.0. The summed E-state index contributed by atoms with van der Waals surface area (Å²) in [6.45, 7) is 10.9. The molecular weight excluding hydrogens is 713 g/mol. The number of ether oxygens (including phenoxy) is 2. The fourth-order valence-corrected chi connectivity index (χ4v) is 8.17. The van der Waals surface area contributed by atoms with Crippen LogP contribution in [0.1, 0.15) is 252 Å². The van der Waals surface area contributed by atoms with Gasteiger partial charge in [0, 0.05) is 25.8 Å². The normalized spacial score (nSPS) is 13.8. The van der Waals surface area contributed by atoms with Crippen LogP contribution >= 0.6 is 0 Å². The first kappa shape index (κ1) is 53.5. The number of nitrogens with zero attached hydrogens (tertiary/aromatic N) is 2. The summed E-state index contributed by atoms with van der Waals surface area (Å²) in [6.07, 6.45) is 39.6. The third kappa shape index (κ3) is 33.0. The molecule has 1 fully saturated rings. The molecule has 2 amide bonds. The Morgan fingerprint density at radius 1 is 0.544 bits per heavy atom. The van der Waals surface area contributed by atoms with E-state index < -0.39 is 6.29 Å². The van der Waals surface area contributed by atoms with E-state index in [0.717, 1.165) is 116 Å². The Balaban J connectivity index is 2.30. The number of aliphatic hydroxyl groups excluding tert-OH is 1. The first-order valence-electron chi connectivity index (χ1n) is 25.0. The maximum atomic E-state index is 12.1. The van der Waals surface area contributed by atoms with Gasteiger partial charge in [0.1, 0.15) is 0 Å². The molecule has 57 heavy (non-hydrogen) atoms. The maximum Gasteiger partial charge on any atom is 0.305 e. The van der Waals surface area contributed by atoms with E-state index in [1.807, 2.05) is 0 Å². The lowest BCUT2D eigenvalue weighted by Crippen LogP contribution is -2.34. The number of imide groups is 1. The van der Waals surface area contributed by atoms with Gasteiger partial charge in [-0.1, -0.05) is 175 Å². The van der Waals surface area contributed by atoms with Crippen LogP contribution in [0.15, 0.2) is 0 Å². The number of aliphatic hydroxyl groups is 1. The highest BCUT2D eigenvalue weighted by Gasteiger charge is 2.28. The molecule has 1 rings (SSSR count). The maximum absolute atomic E-state index is 12.1. The summed E-state index contributed by atoms with van der Waals surface area (Å²) in [5.41, 5.74) is 0. The largest absolute Gasteiger partial charge is 0.466 e. The van der Waals surface area contributed by atoms with Gasteiger partial charge in [-0.15, -0.1) is 0 Å². The molecule has 336 valence electrons. The van der Waals surface area contributed by atoms with Crippen LogP contribution in [0.2, 0.25) is 0 Å². The lowest BCUT2D eigenvalue weighted by atomic mass is 10.0. The molecule has 0 aromatic carbocycles. The number of carbonyl (C=O) groups is 3. The van der Waals surface area contributed by atoms with Gasteiger partial charge in [0.05, 0.1) is 12.7 Å².